The lowest BCUT2D eigenvalue weighted by Crippen LogP contribution is -2.34. The number of fused-ring (bicyclic) bond motifs is 1. The molecule has 10 heteroatoms. The first-order chi connectivity index (χ1) is 10.0. The number of carbonyl (C=O) groups excluding carboxylic acids is 1. The Bertz CT molecular complexity index is 692. The Morgan fingerprint density at radius 3 is 2.78 bits per heavy atom. The van der Waals surface area contributed by atoms with Crippen LogP contribution in [-0.4, -0.2) is 56.3 Å². The topological polar surface area (TPSA) is 104 Å². The Kier molecular flexibility index (Phi) is 6.69. The zero-order valence-corrected chi connectivity index (χ0v) is 14.4. The molecule has 128 valence electrons. The fourth-order valence-electron chi connectivity index (χ4n) is 2.49. The van der Waals surface area contributed by atoms with Gasteiger partial charge in [-0.3, -0.25) is 4.79 Å². The second-order valence-electron chi connectivity index (χ2n) is 5.38. The third-order valence-electron chi connectivity index (χ3n) is 3.65. The van der Waals surface area contributed by atoms with E-state index in [1.807, 2.05) is 19.9 Å². The molecule has 0 aromatic carbocycles. The van der Waals surface area contributed by atoms with E-state index in [-0.39, 0.29) is 42.5 Å². The Labute approximate surface area is 145 Å². The summed E-state index contributed by atoms with van der Waals surface area (Å²) in [5.74, 6) is 0.182. The summed E-state index contributed by atoms with van der Waals surface area (Å²) in [6.07, 6.45) is -0.425. The van der Waals surface area contributed by atoms with Gasteiger partial charge in [-0.2, -0.15) is 4.98 Å². The maximum Gasteiger partial charge on any atom is 0.291 e. The van der Waals surface area contributed by atoms with E-state index in [0.29, 0.717) is 25.4 Å². The summed E-state index contributed by atoms with van der Waals surface area (Å²) in [4.78, 5) is 20.5. The standard InChI is InChI=1S/C13H18N6O2.2ClH/c1-7-3-8(2)19-13(16-7)17-11(18-19)12(21)15-5-9-4-14-6-10(9)20;;/h3,9-10,14,20H,4-6H2,1-2H3,(H,15,21);2*1H. The number of halogens is 2. The highest BCUT2D eigenvalue weighted by atomic mass is 35.5. The SMILES string of the molecule is Cc1cc(C)n2nc(C(=O)NCC3CNCC3O)nc2n1.Cl.Cl. The van der Waals surface area contributed by atoms with Gasteiger partial charge in [0.05, 0.1) is 6.10 Å². The molecule has 0 bridgehead atoms. The van der Waals surface area contributed by atoms with Crippen LogP contribution in [0.4, 0.5) is 0 Å². The highest BCUT2D eigenvalue weighted by molar-refractivity contribution is 5.90. The Hall–Kier alpha value is -1.48. The first kappa shape index (κ1) is 19.6. The number of nitrogens with zero attached hydrogens (tertiary/aromatic N) is 4. The van der Waals surface area contributed by atoms with Gasteiger partial charge < -0.3 is 15.7 Å². The van der Waals surface area contributed by atoms with Crippen molar-refractivity contribution in [3.8, 4) is 0 Å². The molecule has 3 heterocycles. The molecular formula is C13H20Cl2N6O2. The molecule has 1 saturated heterocycles. The van der Waals surface area contributed by atoms with Gasteiger partial charge in [-0.05, 0) is 19.9 Å². The molecule has 1 amide bonds. The smallest absolute Gasteiger partial charge is 0.291 e. The van der Waals surface area contributed by atoms with E-state index in [2.05, 4.69) is 25.7 Å². The average Bonchev–Trinajstić information content (AvgIpc) is 3.02. The highest BCUT2D eigenvalue weighted by Crippen LogP contribution is 2.08. The van der Waals surface area contributed by atoms with E-state index in [0.717, 1.165) is 11.4 Å². The van der Waals surface area contributed by atoms with Crippen LogP contribution in [0.25, 0.3) is 5.78 Å². The summed E-state index contributed by atoms with van der Waals surface area (Å²) in [6, 6.07) is 1.88. The zero-order valence-electron chi connectivity index (χ0n) is 12.8. The third kappa shape index (κ3) is 4.08. The van der Waals surface area contributed by atoms with E-state index < -0.39 is 6.10 Å². The molecule has 2 aromatic heterocycles. The van der Waals surface area contributed by atoms with Crippen LogP contribution >= 0.6 is 24.8 Å². The van der Waals surface area contributed by atoms with E-state index in [4.69, 9.17) is 0 Å². The van der Waals surface area contributed by atoms with Crippen LogP contribution in [0.5, 0.6) is 0 Å². The number of hydrogen-bond acceptors (Lipinski definition) is 6. The fraction of sp³-hybridized carbons (Fsp3) is 0.538. The number of hydrogen-bond donors (Lipinski definition) is 3. The number of amides is 1. The third-order valence-corrected chi connectivity index (χ3v) is 3.65. The van der Waals surface area contributed by atoms with E-state index in [1.165, 1.54) is 0 Å². The van der Waals surface area contributed by atoms with Crippen LogP contribution in [0.15, 0.2) is 6.07 Å². The van der Waals surface area contributed by atoms with Gasteiger partial charge in [0, 0.05) is 36.9 Å². The molecule has 2 aromatic rings. The lowest BCUT2D eigenvalue weighted by molar-refractivity contribution is 0.0917. The summed E-state index contributed by atoms with van der Waals surface area (Å²) in [5, 5.41) is 19.7. The molecule has 0 saturated carbocycles. The lowest BCUT2D eigenvalue weighted by Gasteiger charge is -2.12. The minimum atomic E-state index is -0.425. The molecule has 8 nitrogen and oxygen atoms in total. The molecule has 1 aliphatic rings. The first-order valence-corrected chi connectivity index (χ1v) is 6.92. The van der Waals surface area contributed by atoms with Crippen LogP contribution in [-0.2, 0) is 0 Å². The number of aryl methyl sites for hydroxylation is 2. The number of carbonyl (C=O) groups is 1. The molecule has 1 fully saturated rings. The summed E-state index contributed by atoms with van der Waals surface area (Å²) < 4.78 is 1.55. The van der Waals surface area contributed by atoms with Gasteiger partial charge in [0.1, 0.15) is 0 Å². The van der Waals surface area contributed by atoms with Crippen molar-refractivity contribution in [3.05, 3.63) is 23.3 Å². The Morgan fingerprint density at radius 2 is 2.13 bits per heavy atom. The molecule has 3 rings (SSSR count). The van der Waals surface area contributed by atoms with Gasteiger partial charge >= 0.3 is 0 Å². The van der Waals surface area contributed by atoms with Crippen LogP contribution in [0.2, 0.25) is 0 Å². The van der Waals surface area contributed by atoms with Crippen molar-refractivity contribution in [2.24, 2.45) is 5.92 Å². The van der Waals surface area contributed by atoms with Crippen molar-refractivity contribution < 1.29 is 9.90 Å². The summed E-state index contributed by atoms with van der Waals surface area (Å²) in [5.41, 5.74) is 1.71. The largest absolute Gasteiger partial charge is 0.391 e. The quantitative estimate of drug-likeness (QED) is 0.703. The Morgan fingerprint density at radius 1 is 1.39 bits per heavy atom. The predicted molar refractivity (Wildman–Crippen MR) is 89.5 cm³/mol. The van der Waals surface area contributed by atoms with E-state index in [1.54, 1.807) is 4.52 Å². The molecule has 1 aliphatic heterocycles. The van der Waals surface area contributed by atoms with Crippen LogP contribution in [0.1, 0.15) is 22.0 Å². The predicted octanol–water partition coefficient (Wildman–Crippen LogP) is -0.105. The van der Waals surface area contributed by atoms with Gasteiger partial charge in [0.2, 0.25) is 5.82 Å². The van der Waals surface area contributed by atoms with Gasteiger partial charge in [0.25, 0.3) is 11.7 Å². The van der Waals surface area contributed by atoms with Crippen molar-refractivity contribution in [3.63, 3.8) is 0 Å². The number of rotatable bonds is 3. The number of β-amino-alcohol motifs (C(OH)–C–C–N with tert-alkyl or cyclic N) is 1. The van der Waals surface area contributed by atoms with E-state index >= 15 is 0 Å². The van der Waals surface area contributed by atoms with Crippen molar-refractivity contribution in [1.29, 1.82) is 0 Å². The molecule has 23 heavy (non-hydrogen) atoms. The molecule has 3 N–H and O–H groups in total. The molecule has 0 spiro atoms. The summed E-state index contributed by atoms with van der Waals surface area (Å²) in [7, 11) is 0. The molecule has 0 radical (unpaired) electrons. The monoisotopic (exact) mass is 362 g/mol. The summed E-state index contributed by atoms with van der Waals surface area (Å²) >= 11 is 0. The molecule has 2 unspecified atom stereocenters. The normalized spacial score (nSPS) is 20.0. The molecule has 2 atom stereocenters. The number of aliphatic hydroxyl groups is 1. The van der Waals surface area contributed by atoms with Gasteiger partial charge in [-0.25, -0.2) is 9.50 Å². The summed E-state index contributed by atoms with van der Waals surface area (Å²) in [6.45, 7) is 5.41. The fourth-order valence-corrected chi connectivity index (χ4v) is 2.49. The van der Waals surface area contributed by atoms with Gasteiger partial charge in [-0.1, -0.05) is 0 Å². The Balaban J connectivity index is 0.00000132. The number of aliphatic hydroxyl groups excluding tert-OH is 1. The van der Waals surface area contributed by atoms with Crippen LogP contribution < -0.4 is 10.6 Å². The zero-order chi connectivity index (χ0) is 15.0. The second-order valence-corrected chi connectivity index (χ2v) is 5.38. The van der Waals surface area contributed by atoms with Crippen LogP contribution in [0, 0.1) is 19.8 Å². The van der Waals surface area contributed by atoms with Crippen molar-refractivity contribution in [2.45, 2.75) is 20.0 Å². The number of aromatic nitrogens is 4. The van der Waals surface area contributed by atoms with Crippen molar-refractivity contribution in [2.75, 3.05) is 19.6 Å². The second kappa shape index (κ2) is 7.87. The van der Waals surface area contributed by atoms with Crippen molar-refractivity contribution in [1.82, 2.24) is 30.2 Å². The van der Waals surface area contributed by atoms with Crippen molar-refractivity contribution >= 4 is 36.5 Å². The molecular weight excluding hydrogens is 343 g/mol. The lowest BCUT2D eigenvalue weighted by atomic mass is 10.1. The van der Waals surface area contributed by atoms with Gasteiger partial charge in [-0.15, -0.1) is 29.9 Å². The average molecular weight is 363 g/mol. The maximum absolute atomic E-state index is 12.1. The minimum Gasteiger partial charge on any atom is -0.391 e. The maximum atomic E-state index is 12.1. The highest BCUT2D eigenvalue weighted by Gasteiger charge is 2.25. The molecule has 0 aliphatic carbocycles. The number of nitrogens with one attached hydrogen (secondary N) is 2. The van der Waals surface area contributed by atoms with Crippen LogP contribution in [0.3, 0.4) is 0 Å². The van der Waals surface area contributed by atoms with Gasteiger partial charge in [0.15, 0.2) is 0 Å². The van der Waals surface area contributed by atoms with E-state index in [9.17, 15) is 9.90 Å². The first-order valence-electron chi connectivity index (χ1n) is 6.92. The minimum absolute atomic E-state index is 0.